The number of methoxy groups -OCH3 is 1. The van der Waals surface area contributed by atoms with Gasteiger partial charge in [0.1, 0.15) is 11.9 Å². The number of hydrogen-bond donors (Lipinski definition) is 2. The SMILES string of the molecule is COC(c1nc2c(c(NN)n1)CCC2)C(C)(C)C. The molecule has 0 aromatic carbocycles. The predicted molar refractivity (Wildman–Crippen MR) is 71.1 cm³/mol. The van der Waals surface area contributed by atoms with Gasteiger partial charge in [0.05, 0.1) is 0 Å². The van der Waals surface area contributed by atoms with E-state index in [2.05, 4.69) is 36.2 Å². The average molecular weight is 250 g/mol. The Hall–Kier alpha value is -1.20. The van der Waals surface area contributed by atoms with Crippen LogP contribution in [0.15, 0.2) is 0 Å². The average Bonchev–Trinajstić information content (AvgIpc) is 2.74. The minimum absolute atomic E-state index is 0.0482. The Morgan fingerprint density at radius 3 is 2.56 bits per heavy atom. The van der Waals surface area contributed by atoms with Crippen molar-refractivity contribution in [2.75, 3.05) is 12.5 Å². The van der Waals surface area contributed by atoms with E-state index in [9.17, 15) is 0 Å². The van der Waals surface area contributed by atoms with Crippen molar-refractivity contribution in [1.82, 2.24) is 9.97 Å². The fraction of sp³-hybridized carbons (Fsp3) is 0.692. The van der Waals surface area contributed by atoms with E-state index < -0.39 is 0 Å². The molecule has 1 unspecified atom stereocenters. The van der Waals surface area contributed by atoms with E-state index >= 15 is 0 Å². The largest absolute Gasteiger partial charge is 0.373 e. The molecule has 0 amide bonds. The molecule has 1 aliphatic rings. The van der Waals surface area contributed by atoms with Crippen LogP contribution >= 0.6 is 0 Å². The summed E-state index contributed by atoms with van der Waals surface area (Å²) in [6, 6.07) is 0. The molecular formula is C13H22N4O. The normalized spacial score (nSPS) is 16.5. The van der Waals surface area contributed by atoms with Crippen molar-refractivity contribution in [3.8, 4) is 0 Å². The van der Waals surface area contributed by atoms with Crippen LogP contribution in [0.1, 0.15) is 50.4 Å². The van der Waals surface area contributed by atoms with Gasteiger partial charge in [0.2, 0.25) is 0 Å². The summed E-state index contributed by atoms with van der Waals surface area (Å²) in [5.41, 5.74) is 4.91. The number of nitrogen functional groups attached to an aromatic ring is 1. The number of fused-ring (bicyclic) bond motifs is 1. The molecular weight excluding hydrogens is 228 g/mol. The van der Waals surface area contributed by atoms with E-state index in [4.69, 9.17) is 10.6 Å². The third-order valence-electron chi connectivity index (χ3n) is 3.34. The van der Waals surface area contributed by atoms with Gasteiger partial charge < -0.3 is 10.2 Å². The lowest BCUT2D eigenvalue weighted by molar-refractivity contribution is 0.00862. The molecule has 0 spiro atoms. The molecule has 2 rings (SSSR count). The van der Waals surface area contributed by atoms with Crippen LogP contribution in [-0.4, -0.2) is 17.1 Å². The zero-order chi connectivity index (χ0) is 13.3. The van der Waals surface area contributed by atoms with E-state index in [-0.39, 0.29) is 11.5 Å². The predicted octanol–water partition coefficient (Wildman–Crippen LogP) is 1.98. The summed E-state index contributed by atoms with van der Waals surface area (Å²) in [6.07, 6.45) is 2.99. The molecule has 18 heavy (non-hydrogen) atoms. The highest BCUT2D eigenvalue weighted by Gasteiger charge is 2.31. The highest BCUT2D eigenvalue weighted by Crippen LogP contribution is 2.36. The van der Waals surface area contributed by atoms with Crippen molar-refractivity contribution in [3.63, 3.8) is 0 Å². The third kappa shape index (κ3) is 2.33. The van der Waals surface area contributed by atoms with Gasteiger partial charge in [-0.3, -0.25) is 0 Å². The molecule has 0 saturated carbocycles. The lowest BCUT2D eigenvalue weighted by Crippen LogP contribution is -2.24. The van der Waals surface area contributed by atoms with Crippen LogP contribution in [-0.2, 0) is 17.6 Å². The molecule has 1 heterocycles. The number of rotatable bonds is 3. The summed E-state index contributed by atoms with van der Waals surface area (Å²) in [5, 5.41) is 0. The van der Waals surface area contributed by atoms with Crippen LogP contribution in [0.5, 0.6) is 0 Å². The topological polar surface area (TPSA) is 73.1 Å². The van der Waals surface area contributed by atoms with E-state index in [1.54, 1.807) is 7.11 Å². The Morgan fingerprint density at radius 1 is 1.28 bits per heavy atom. The second-order valence-electron chi connectivity index (χ2n) is 5.84. The second kappa shape index (κ2) is 4.82. The number of aryl methyl sites for hydroxylation is 1. The molecule has 5 nitrogen and oxygen atoms in total. The van der Waals surface area contributed by atoms with Crippen LogP contribution in [0.3, 0.4) is 0 Å². The van der Waals surface area contributed by atoms with Gasteiger partial charge in [-0.05, 0) is 24.7 Å². The number of anilines is 1. The third-order valence-corrected chi connectivity index (χ3v) is 3.34. The lowest BCUT2D eigenvalue weighted by Gasteiger charge is -2.28. The van der Waals surface area contributed by atoms with Crippen molar-refractivity contribution in [2.45, 2.75) is 46.1 Å². The first kappa shape index (κ1) is 13.2. The van der Waals surface area contributed by atoms with Gasteiger partial charge in [-0.2, -0.15) is 0 Å². The molecule has 5 heteroatoms. The maximum Gasteiger partial charge on any atom is 0.160 e. The number of aromatic nitrogens is 2. The minimum Gasteiger partial charge on any atom is -0.373 e. The van der Waals surface area contributed by atoms with Crippen molar-refractivity contribution in [2.24, 2.45) is 11.3 Å². The molecule has 1 atom stereocenters. The highest BCUT2D eigenvalue weighted by atomic mass is 16.5. The van der Waals surface area contributed by atoms with Crippen molar-refractivity contribution in [1.29, 1.82) is 0 Å². The summed E-state index contributed by atoms with van der Waals surface area (Å²) in [6.45, 7) is 6.36. The fourth-order valence-electron chi connectivity index (χ4n) is 2.53. The van der Waals surface area contributed by atoms with Crippen molar-refractivity contribution < 1.29 is 4.74 Å². The number of hydrogen-bond acceptors (Lipinski definition) is 5. The van der Waals surface area contributed by atoms with Crippen LogP contribution in [0.2, 0.25) is 0 Å². The van der Waals surface area contributed by atoms with Gasteiger partial charge in [-0.1, -0.05) is 20.8 Å². The van der Waals surface area contributed by atoms with Crippen molar-refractivity contribution in [3.05, 3.63) is 17.1 Å². The number of ether oxygens (including phenoxy) is 1. The van der Waals surface area contributed by atoms with Gasteiger partial charge in [-0.25, -0.2) is 15.8 Å². The van der Waals surface area contributed by atoms with Gasteiger partial charge >= 0.3 is 0 Å². The van der Waals surface area contributed by atoms with Gasteiger partial charge in [0.25, 0.3) is 0 Å². The summed E-state index contributed by atoms with van der Waals surface area (Å²) < 4.78 is 5.57. The van der Waals surface area contributed by atoms with E-state index in [1.165, 1.54) is 0 Å². The van der Waals surface area contributed by atoms with E-state index in [0.717, 1.165) is 42.2 Å². The Morgan fingerprint density at radius 2 is 2.00 bits per heavy atom. The van der Waals surface area contributed by atoms with E-state index in [1.807, 2.05) is 0 Å². The smallest absolute Gasteiger partial charge is 0.160 e. The quantitative estimate of drug-likeness (QED) is 0.634. The van der Waals surface area contributed by atoms with Gasteiger partial charge in [0.15, 0.2) is 5.82 Å². The summed E-state index contributed by atoms with van der Waals surface area (Å²) in [4.78, 5) is 9.20. The van der Waals surface area contributed by atoms with E-state index in [0.29, 0.717) is 0 Å². The maximum atomic E-state index is 5.57. The molecule has 3 N–H and O–H groups in total. The van der Waals surface area contributed by atoms with Crippen molar-refractivity contribution >= 4 is 5.82 Å². The number of nitrogens with zero attached hydrogens (tertiary/aromatic N) is 2. The fourth-order valence-corrected chi connectivity index (χ4v) is 2.53. The second-order valence-corrected chi connectivity index (χ2v) is 5.84. The number of hydrazine groups is 1. The molecule has 0 saturated heterocycles. The molecule has 0 aliphatic heterocycles. The Kier molecular flexibility index (Phi) is 3.54. The summed E-state index contributed by atoms with van der Waals surface area (Å²) >= 11 is 0. The minimum atomic E-state index is -0.129. The van der Waals surface area contributed by atoms with Gasteiger partial charge in [-0.15, -0.1) is 0 Å². The molecule has 100 valence electrons. The van der Waals surface area contributed by atoms with Crippen LogP contribution < -0.4 is 11.3 Å². The van der Waals surface area contributed by atoms with Crippen LogP contribution in [0, 0.1) is 5.41 Å². The monoisotopic (exact) mass is 250 g/mol. The maximum absolute atomic E-state index is 5.57. The molecule has 1 aromatic rings. The molecule has 1 aliphatic carbocycles. The molecule has 1 aromatic heterocycles. The lowest BCUT2D eigenvalue weighted by atomic mass is 9.88. The first-order chi connectivity index (χ1) is 8.47. The Labute approximate surface area is 108 Å². The first-order valence-corrected chi connectivity index (χ1v) is 6.36. The zero-order valence-electron chi connectivity index (χ0n) is 11.6. The zero-order valence-corrected chi connectivity index (χ0v) is 11.6. The summed E-state index contributed by atoms with van der Waals surface area (Å²) in [5.74, 6) is 7.03. The van der Waals surface area contributed by atoms with Gasteiger partial charge in [0, 0.05) is 18.4 Å². The first-order valence-electron chi connectivity index (χ1n) is 6.36. The standard InChI is InChI=1S/C13H22N4O/c1-13(2,3)10(18-4)12-15-9-7-5-6-8(9)11(16-12)17-14/h10H,5-7,14H2,1-4H3,(H,15,16,17). The Bertz CT molecular complexity index is 439. The highest BCUT2D eigenvalue weighted by molar-refractivity contribution is 5.48. The Balaban J connectivity index is 2.46. The molecule has 0 radical (unpaired) electrons. The number of nitrogens with two attached hydrogens (primary N) is 1. The molecule has 0 bridgehead atoms. The molecule has 0 fully saturated rings. The number of nitrogens with one attached hydrogen (secondary N) is 1. The van der Waals surface area contributed by atoms with Crippen LogP contribution in [0.4, 0.5) is 5.82 Å². The van der Waals surface area contributed by atoms with Crippen LogP contribution in [0.25, 0.3) is 0 Å². The summed E-state index contributed by atoms with van der Waals surface area (Å²) in [7, 11) is 1.70.